The third kappa shape index (κ3) is 2.18. The van der Waals surface area contributed by atoms with E-state index in [9.17, 15) is 8.42 Å². The van der Waals surface area contributed by atoms with E-state index >= 15 is 0 Å². The van der Waals surface area contributed by atoms with E-state index in [0.717, 1.165) is 36.8 Å². The molecule has 1 aromatic rings. The van der Waals surface area contributed by atoms with Crippen LogP contribution in [0.25, 0.3) is 0 Å². The van der Waals surface area contributed by atoms with Gasteiger partial charge in [0.2, 0.25) is 10.0 Å². The van der Waals surface area contributed by atoms with Crippen LogP contribution in [-0.2, 0) is 10.0 Å². The second-order valence-electron chi connectivity index (χ2n) is 6.20. The first kappa shape index (κ1) is 14.0. The molecular formula is C15H22N2O2S. The molecule has 2 aliphatic heterocycles. The van der Waals surface area contributed by atoms with Crippen molar-refractivity contribution in [2.75, 3.05) is 0 Å². The molecule has 2 unspecified atom stereocenters. The number of sulfonamides is 1. The summed E-state index contributed by atoms with van der Waals surface area (Å²) in [4.78, 5) is 0.424. The lowest BCUT2D eigenvalue weighted by molar-refractivity contribution is 0.227. The number of hydrogen-bond donors (Lipinski definition) is 1. The van der Waals surface area contributed by atoms with E-state index in [-0.39, 0.29) is 18.1 Å². The summed E-state index contributed by atoms with van der Waals surface area (Å²) in [6.45, 7) is 3.95. The molecule has 2 fully saturated rings. The van der Waals surface area contributed by atoms with Gasteiger partial charge in [-0.25, -0.2) is 8.42 Å². The van der Waals surface area contributed by atoms with E-state index in [2.05, 4.69) is 0 Å². The highest BCUT2D eigenvalue weighted by molar-refractivity contribution is 7.89. The van der Waals surface area contributed by atoms with Crippen LogP contribution in [0.2, 0.25) is 0 Å². The summed E-state index contributed by atoms with van der Waals surface area (Å²) in [7, 11) is -3.38. The fourth-order valence-electron chi connectivity index (χ4n) is 3.56. The molecule has 0 saturated carbocycles. The number of hydrogen-bond acceptors (Lipinski definition) is 3. The number of rotatable bonds is 2. The first-order valence-electron chi connectivity index (χ1n) is 7.26. The van der Waals surface area contributed by atoms with E-state index in [4.69, 9.17) is 5.73 Å². The van der Waals surface area contributed by atoms with E-state index < -0.39 is 10.0 Å². The maximum Gasteiger partial charge on any atom is 0.243 e. The van der Waals surface area contributed by atoms with Gasteiger partial charge in [0.15, 0.2) is 0 Å². The Morgan fingerprint density at radius 3 is 2.25 bits per heavy atom. The van der Waals surface area contributed by atoms with Crippen LogP contribution in [0.15, 0.2) is 23.1 Å². The molecule has 3 rings (SSSR count). The Bertz CT molecular complexity index is 613. The number of fused-ring (bicyclic) bond motifs is 2. The Balaban J connectivity index is 1.98. The monoisotopic (exact) mass is 294 g/mol. The third-order valence-electron chi connectivity index (χ3n) is 4.76. The number of nitrogens with two attached hydrogens (primary N) is 1. The largest absolute Gasteiger partial charge is 0.328 e. The van der Waals surface area contributed by atoms with Gasteiger partial charge >= 0.3 is 0 Å². The Kier molecular flexibility index (Phi) is 3.39. The molecule has 0 radical (unpaired) electrons. The van der Waals surface area contributed by atoms with Crippen LogP contribution in [0.1, 0.15) is 36.8 Å². The van der Waals surface area contributed by atoms with Crippen LogP contribution in [0, 0.1) is 13.8 Å². The first-order valence-corrected chi connectivity index (χ1v) is 8.70. The molecule has 4 nitrogen and oxygen atoms in total. The van der Waals surface area contributed by atoms with Crippen molar-refractivity contribution in [3.63, 3.8) is 0 Å². The molecule has 2 saturated heterocycles. The average molecular weight is 294 g/mol. The highest BCUT2D eigenvalue weighted by Gasteiger charge is 2.46. The summed E-state index contributed by atoms with van der Waals surface area (Å²) in [6.07, 6.45) is 3.48. The molecule has 110 valence electrons. The van der Waals surface area contributed by atoms with Gasteiger partial charge in [-0.3, -0.25) is 0 Å². The zero-order valence-corrected chi connectivity index (χ0v) is 12.9. The predicted molar refractivity (Wildman–Crippen MR) is 79.0 cm³/mol. The second-order valence-corrected chi connectivity index (χ2v) is 8.04. The van der Waals surface area contributed by atoms with Crippen LogP contribution in [0.4, 0.5) is 0 Å². The van der Waals surface area contributed by atoms with Gasteiger partial charge in [-0.2, -0.15) is 4.31 Å². The minimum Gasteiger partial charge on any atom is -0.328 e. The third-order valence-corrected chi connectivity index (χ3v) is 6.76. The fraction of sp³-hybridized carbons (Fsp3) is 0.600. The van der Waals surface area contributed by atoms with E-state index in [1.165, 1.54) is 0 Å². The lowest BCUT2D eigenvalue weighted by atomic mass is 10.0. The second kappa shape index (κ2) is 4.83. The van der Waals surface area contributed by atoms with Gasteiger partial charge in [-0.15, -0.1) is 0 Å². The molecule has 2 aliphatic rings. The molecule has 2 bridgehead atoms. The summed E-state index contributed by atoms with van der Waals surface area (Å²) >= 11 is 0. The van der Waals surface area contributed by atoms with Gasteiger partial charge in [-0.05, 0) is 62.8 Å². The predicted octanol–water partition coefficient (Wildman–Crippen LogP) is 1.95. The maximum absolute atomic E-state index is 12.9. The lowest BCUT2D eigenvalue weighted by Crippen LogP contribution is -2.49. The lowest BCUT2D eigenvalue weighted by Gasteiger charge is -2.36. The molecule has 0 spiro atoms. The minimum atomic E-state index is -3.38. The SMILES string of the molecule is Cc1ccc(S(=O)(=O)N2C3CCC2CC(N)C3)cc1C. The van der Waals surface area contributed by atoms with E-state index in [1.54, 1.807) is 16.4 Å². The van der Waals surface area contributed by atoms with Crippen molar-refractivity contribution < 1.29 is 8.42 Å². The number of piperidine rings is 1. The van der Waals surface area contributed by atoms with Crippen molar-refractivity contribution in [3.05, 3.63) is 29.3 Å². The molecule has 2 heterocycles. The van der Waals surface area contributed by atoms with Gasteiger partial charge < -0.3 is 5.73 Å². The summed E-state index contributed by atoms with van der Waals surface area (Å²) in [6, 6.07) is 5.74. The summed E-state index contributed by atoms with van der Waals surface area (Å²) in [5, 5.41) is 0. The van der Waals surface area contributed by atoms with Crippen molar-refractivity contribution in [3.8, 4) is 0 Å². The Hall–Kier alpha value is -0.910. The van der Waals surface area contributed by atoms with Crippen molar-refractivity contribution in [1.82, 2.24) is 4.31 Å². The molecule has 5 heteroatoms. The summed E-state index contributed by atoms with van der Waals surface area (Å²) in [5.74, 6) is 0. The van der Waals surface area contributed by atoms with Gasteiger partial charge in [0.05, 0.1) is 4.90 Å². The van der Waals surface area contributed by atoms with Crippen molar-refractivity contribution in [2.24, 2.45) is 5.73 Å². The van der Waals surface area contributed by atoms with Gasteiger partial charge in [-0.1, -0.05) is 6.07 Å². The number of nitrogens with zero attached hydrogens (tertiary/aromatic N) is 1. The molecule has 2 atom stereocenters. The van der Waals surface area contributed by atoms with Crippen LogP contribution in [0.3, 0.4) is 0 Å². The summed E-state index contributed by atoms with van der Waals surface area (Å²) < 4.78 is 27.5. The maximum atomic E-state index is 12.9. The highest BCUT2D eigenvalue weighted by Crippen LogP contribution is 2.39. The van der Waals surface area contributed by atoms with Gasteiger partial charge in [0, 0.05) is 18.1 Å². The zero-order valence-electron chi connectivity index (χ0n) is 12.0. The molecule has 20 heavy (non-hydrogen) atoms. The minimum absolute atomic E-state index is 0.0929. The smallest absolute Gasteiger partial charge is 0.243 e. The van der Waals surface area contributed by atoms with Crippen LogP contribution in [-0.4, -0.2) is 30.8 Å². The van der Waals surface area contributed by atoms with Crippen LogP contribution >= 0.6 is 0 Å². The molecule has 0 aliphatic carbocycles. The Labute approximate surface area is 121 Å². The molecule has 2 N–H and O–H groups in total. The standard InChI is InChI=1S/C15H22N2O2S/c1-10-3-6-15(7-11(10)2)20(18,19)17-13-4-5-14(17)9-12(16)8-13/h3,6-7,12-14H,4-5,8-9,16H2,1-2H3. The average Bonchev–Trinajstić information content (AvgIpc) is 2.66. The van der Waals surface area contributed by atoms with E-state index in [1.807, 2.05) is 19.9 Å². The molecular weight excluding hydrogens is 272 g/mol. The van der Waals surface area contributed by atoms with E-state index in [0.29, 0.717) is 4.90 Å². The summed E-state index contributed by atoms with van der Waals surface area (Å²) in [5.41, 5.74) is 8.16. The zero-order chi connectivity index (χ0) is 14.5. The fourth-order valence-corrected chi connectivity index (χ4v) is 5.54. The van der Waals surface area contributed by atoms with Crippen LogP contribution in [0.5, 0.6) is 0 Å². The highest BCUT2D eigenvalue weighted by atomic mass is 32.2. The molecule has 1 aromatic carbocycles. The topological polar surface area (TPSA) is 63.4 Å². The van der Waals surface area contributed by atoms with Crippen molar-refractivity contribution >= 4 is 10.0 Å². The molecule has 0 aromatic heterocycles. The number of benzene rings is 1. The van der Waals surface area contributed by atoms with Gasteiger partial charge in [0.25, 0.3) is 0 Å². The normalized spacial score (nSPS) is 30.6. The van der Waals surface area contributed by atoms with Gasteiger partial charge in [0.1, 0.15) is 0 Å². The van der Waals surface area contributed by atoms with Crippen molar-refractivity contribution in [2.45, 2.75) is 62.6 Å². The Morgan fingerprint density at radius 1 is 1.10 bits per heavy atom. The quantitative estimate of drug-likeness (QED) is 0.906. The van der Waals surface area contributed by atoms with Crippen molar-refractivity contribution in [1.29, 1.82) is 0 Å². The number of aryl methyl sites for hydroxylation is 2. The van der Waals surface area contributed by atoms with Crippen LogP contribution < -0.4 is 5.73 Å². The molecule has 0 amide bonds. The first-order chi connectivity index (χ1) is 9.39. The Morgan fingerprint density at radius 2 is 1.70 bits per heavy atom.